The van der Waals surface area contributed by atoms with Crippen molar-refractivity contribution in [2.45, 2.75) is 51.6 Å². The van der Waals surface area contributed by atoms with E-state index in [4.69, 9.17) is 9.47 Å². The molecule has 2 nitrogen and oxygen atoms in total. The quantitative estimate of drug-likeness (QED) is 0.422. The second-order valence-electron chi connectivity index (χ2n) is 8.75. The Kier molecular flexibility index (Phi) is 6.19. The van der Waals surface area contributed by atoms with Crippen molar-refractivity contribution in [1.82, 2.24) is 0 Å². The van der Waals surface area contributed by atoms with Gasteiger partial charge in [-0.3, -0.25) is 0 Å². The summed E-state index contributed by atoms with van der Waals surface area (Å²) in [6, 6.07) is 21.0. The van der Waals surface area contributed by atoms with E-state index in [1.807, 2.05) is 30.3 Å². The van der Waals surface area contributed by atoms with E-state index in [9.17, 15) is 4.39 Å². The van der Waals surface area contributed by atoms with Crippen LogP contribution in [0, 0.1) is 5.82 Å². The van der Waals surface area contributed by atoms with Crippen molar-refractivity contribution in [3.8, 4) is 11.5 Å². The van der Waals surface area contributed by atoms with Crippen LogP contribution in [-0.2, 0) is 29.6 Å². The van der Waals surface area contributed by atoms with Crippen molar-refractivity contribution in [2.24, 2.45) is 0 Å². The van der Waals surface area contributed by atoms with Crippen LogP contribution in [0.4, 0.5) is 4.39 Å². The molecule has 1 aliphatic carbocycles. The maximum atomic E-state index is 14.2. The van der Waals surface area contributed by atoms with Gasteiger partial charge in [0.25, 0.3) is 0 Å². The Hall–Kier alpha value is -2.65. The highest BCUT2D eigenvalue weighted by molar-refractivity contribution is 5.37. The first-order chi connectivity index (χ1) is 14.5. The number of ether oxygens (including phenoxy) is 2. The highest BCUT2D eigenvalue weighted by atomic mass is 19.1. The highest BCUT2D eigenvalue weighted by Gasteiger charge is 2.23. The summed E-state index contributed by atoms with van der Waals surface area (Å²) in [5, 5.41) is 0. The SMILES string of the molecule is CC(C)(COCc1ccc(F)c(Oc2ccccc2)c1)c1ccc2c(c1)CCCC2. The Morgan fingerprint density at radius 1 is 0.867 bits per heavy atom. The largest absolute Gasteiger partial charge is 0.454 e. The van der Waals surface area contributed by atoms with E-state index in [0.29, 0.717) is 19.0 Å². The van der Waals surface area contributed by atoms with Gasteiger partial charge in [0.1, 0.15) is 5.75 Å². The van der Waals surface area contributed by atoms with Crippen LogP contribution in [0.5, 0.6) is 11.5 Å². The van der Waals surface area contributed by atoms with Crippen molar-refractivity contribution >= 4 is 0 Å². The Balaban J connectivity index is 1.39. The van der Waals surface area contributed by atoms with Gasteiger partial charge in [0.2, 0.25) is 0 Å². The molecule has 0 bridgehead atoms. The summed E-state index contributed by atoms with van der Waals surface area (Å²) in [6.07, 6.45) is 4.96. The number of hydrogen-bond donors (Lipinski definition) is 0. The molecule has 0 aromatic heterocycles. The second-order valence-corrected chi connectivity index (χ2v) is 8.75. The van der Waals surface area contributed by atoms with E-state index < -0.39 is 0 Å². The minimum Gasteiger partial charge on any atom is -0.454 e. The number of para-hydroxylation sites is 1. The second kappa shape index (κ2) is 9.01. The lowest BCUT2D eigenvalue weighted by molar-refractivity contribution is 0.0823. The molecule has 0 spiro atoms. The molecule has 0 radical (unpaired) electrons. The zero-order valence-corrected chi connectivity index (χ0v) is 17.8. The first kappa shape index (κ1) is 20.6. The molecule has 3 aromatic carbocycles. The first-order valence-electron chi connectivity index (χ1n) is 10.7. The third kappa shape index (κ3) is 4.91. The van der Waals surface area contributed by atoms with Crippen LogP contribution < -0.4 is 4.74 Å². The van der Waals surface area contributed by atoms with Gasteiger partial charge < -0.3 is 9.47 Å². The van der Waals surface area contributed by atoms with E-state index in [0.717, 1.165) is 5.56 Å². The molecule has 0 atom stereocenters. The molecule has 4 rings (SSSR count). The number of hydrogen-bond acceptors (Lipinski definition) is 2. The smallest absolute Gasteiger partial charge is 0.165 e. The summed E-state index contributed by atoms with van der Waals surface area (Å²) >= 11 is 0. The predicted octanol–water partition coefficient (Wildman–Crippen LogP) is 6.99. The molecule has 3 aromatic rings. The fourth-order valence-corrected chi connectivity index (χ4v) is 3.99. The molecule has 0 saturated heterocycles. The zero-order chi connectivity index (χ0) is 21.0. The third-order valence-electron chi connectivity index (χ3n) is 5.83. The Morgan fingerprint density at radius 3 is 2.43 bits per heavy atom. The van der Waals surface area contributed by atoms with Gasteiger partial charge in [-0.1, -0.05) is 56.3 Å². The Bertz CT molecular complexity index is 995. The number of benzene rings is 3. The highest BCUT2D eigenvalue weighted by Crippen LogP contribution is 2.30. The van der Waals surface area contributed by atoms with E-state index in [-0.39, 0.29) is 17.0 Å². The maximum Gasteiger partial charge on any atom is 0.165 e. The molecule has 0 aliphatic heterocycles. The van der Waals surface area contributed by atoms with Gasteiger partial charge in [-0.05, 0) is 72.2 Å². The fourth-order valence-electron chi connectivity index (χ4n) is 3.99. The van der Waals surface area contributed by atoms with E-state index in [1.165, 1.54) is 48.4 Å². The van der Waals surface area contributed by atoms with E-state index >= 15 is 0 Å². The summed E-state index contributed by atoms with van der Waals surface area (Å²) in [5.41, 5.74) is 5.11. The standard InChI is InChI=1S/C27H29FO2/c1-27(2,23-14-13-21-8-6-7-9-22(21)17-23)19-29-18-20-12-15-25(28)26(16-20)30-24-10-4-3-5-11-24/h3-5,10-17H,6-9,18-19H2,1-2H3. The predicted molar refractivity (Wildman–Crippen MR) is 119 cm³/mol. The molecular formula is C27H29FO2. The summed E-state index contributed by atoms with van der Waals surface area (Å²) in [5.74, 6) is 0.455. The van der Waals surface area contributed by atoms with Crippen molar-refractivity contribution in [1.29, 1.82) is 0 Å². The molecule has 0 heterocycles. The Morgan fingerprint density at radius 2 is 1.63 bits per heavy atom. The van der Waals surface area contributed by atoms with Crippen LogP contribution in [0.2, 0.25) is 0 Å². The number of aryl methyl sites for hydroxylation is 2. The molecule has 1 aliphatic rings. The van der Waals surface area contributed by atoms with Gasteiger partial charge in [0, 0.05) is 5.41 Å². The minimum atomic E-state index is -0.378. The van der Waals surface area contributed by atoms with E-state index in [2.05, 4.69) is 32.0 Å². The van der Waals surface area contributed by atoms with Crippen molar-refractivity contribution in [2.75, 3.05) is 6.61 Å². The van der Waals surface area contributed by atoms with Crippen LogP contribution in [0.3, 0.4) is 0 Å². The van der Waals surface area contributed by atoms with Gasteiger partial charge in [-0.2, -0.15) is 0 Å². The molecular weight excluding hydrogens is 375 g/mol. The molecule has 0 N–H and O–H groups in total. The third-order valence-corrected chi connectivity index (χ3v) is 5.83. The van der Waals surface area contributed by atoms with Crippen molar-refractivity contribution < 1.29 is 13.9 Å². The lowest BCUT2D eigenvalue weighted by Gasteiger charge is -2.27. The Labute approximate surface area is 178 Å². The lowest BCUT2D eigenvalue weighted by Crippen LogP contribution is -2.25. The molecule has 30 heavy (non-hydrogen) atoms. The number of fused-ring (bicyclic) bond motifs is 1. The van der Waals surface area contributed by atoms with Gasteiger partial charge in [0.15, 0.2) is 11.6 Å². The van der Waals surface area contributed by atoms with Crippen molar-refractivity contribution in [3.63, 3.8) is 0 Å². The van der Waals surface area contributed by atoms with Gasteiger partial charge in [0.05, 0.1) is 13.2 Å². The molecule has 3 heteroatoms. The molecule has 0 saturated carbocycles. The minimum absolute atomic E-state index is 0.0874. The summed E-state index contributed by atoms with van der Waals surface area (Å²) in [6.45, 7) is 5.44. The van der Waals surface area contributed by atoms with Crippen LogP contribution in [0.1, 0.15) is 48.9 Å². The number of rotatable bonds is 7. The molecule has 0 fully saturated rings. The lowest BCUT2D eigenvalue weighted by atomic mass is 9.81. The molecule has 0 unspecified atom stereocenters. The topological polar surface area (TPSA) is 18.5 Å². The van der Waals surface area contributed by atoms with Gasteiger partial charge in [-0.15, -0.1) is 0 Å². The normalized spacial score (nSPS) is 13.7. The van der Waals surface area contributed by atoms with Crippen LogP contribution >= 0.6 is 0 Å². The van der Waals surface area contributed by atoms with Crippen LogP contribution in [0.25, 0.3) is 0 Å². The molecule has 156 valence electrons. The van der Waals surface area contributed by atoms with E-state index in [1.54, 1.807) is 12.1 Å². The average molecular weight is 405 g/mol. The summed E-state index contributed by atoms with van der Waals surface area (Å²) in [7, 11) is 0. The molecule has 0 amide bonds. The van der Waals surface area contributed by atoms with Gasteiger partial charge >= 0.3 is 0 Å². The van der Waals surface area contributed by atoms with Crippen molar-refractivity contribution in [3.05, 3.63) is 94.8 Å². The fraction of sp³-hybridized carbons (Fsp3) is 0.333. The van der Waals surface area contributed by atoms with Crippen LogP contribution in [-0.4, -0.2) is 6.61 Å². The zero-order valence-electron chi connectivity index (χ0n) is 17.8. The summed E-state index contributed by atoms with van der Waals surface area (Å²) < 4.78 is 25.9. The van der Waals surface area contributed by atoms with Gasteiger partial charge in [-0.25, -0.2) is 4.39 Å². The monoisotopic (exact) mass is 404 g/mol. The first-order valence-corrected chi connectivity index (χ1v) is 10.7. The van der Waals surface area contributed by atoms with Crippen LogP contribution in [0.15, 0.2) is 66.7 Å². The summed E-state index contributed by atoms with van der Waals surface area (Å²) in [4.78, 5) is 0. The average Bonchev–Trinajstić information content (AvgIpc) is 2.76. The maximum absolute atomic E-state index is 14.2. The number of halogens is 1.